The molecule has 1 unspecified atom stereocenters. The Bertz CT molecular complexity index is 896. The van der Waals surface area contributed by atoms with Crippen LogP contribution in [-0.4, -0.2) is 37.2 Å². The molecule has 0 aliphatic rings. The number of hydrogen-bond acceptors (Lipinski definition) is 6. The lowest BCUT2D eigenvalue weighted by molar-refractivity contribution is -0.167. The number of carbonyl (C=O) groups is 3. The van der Waals surface area contributed by atoms with E-state index in [2.05, 4.69) is 45.1 Å². The summed E-state index contributed by atoms with van der Waals surface area (Å²) in [6.07, 6.45) is 48.7. The van der Waals surface area contributed by atoms with Crippen LogP contribution >= 0.6 is 0 Å². The van der Waals surface area contributed by atoms with Gasteiger partial charge >= 0.3 is 17.9 Å². The van der Waals surface area contributed by atoms with Gasteiger partial charge in [0.2, 0.25) is 0 Å². The van der Waals surface area contributed by atoms with Gasteiger partial charge < -0.3 is 14.2 Å². The van der Waals surface area contributed by atoms with Gasteiger partial charge in [0.05, 0.1) is 0 Å². The Morgan fingerprint density at radius 2 is 0.618 bits per heavy atom. The summed E-state index contributed by atoms with van der Waals surface area (Å²) < 4.78 is 16.7. The zero-order chi connectivity index (χ0) is 40.1. The highest BCUT2D eigenvalue weighted by Crippen LogP contribution is 2.15. The maximum atomic E-state index is 12.7. The second kappa shape index (κ2) is 44.6. The van der Waals surface area contributed by atoms with Crippen molar-refractivity contribution in [2.24, 2.45) is 0 Å². The van der Waals surface area contributed by atoms with E-state index in [1.807, 2.05) is 0 Å². The number of ether oxygens (including phenoxy) is 3. The van der Waals surface area contributed by atoms with Crippen LogP contribution in [0.3, 0.4) is 0 Å². The first-order valence-corrected chi connectivity index (χ1v) is 23.8. The van der Waals surface area contributed by atoms with Crippen LogP contribution in [0.25, 0.3) is 0 Å². The van der Waals surface area contributed by atoms with Crippen LogP contribution in [0.2, 0.25) is 0 Å². The van der Waals surface area contributed by atoms with Crippen molar-refractivity contribution in [2.45, 2.75) is 258 Å². The minimum Gasteiger partial charge on any atom is -0.462 e. The first-order chi connectivity index (χ1) is 27.0. The third kappa shape index (κ3) is 42.9. The van der Waals surface area contributed by atoms with E-state index in [0.717, 1.165) is 89.9 Å². The second-order valence-electron chi connectivity index (χ2n) is 16.0. The molecule has 0 radical (unpaired) electrons. The lowest BCUT2D eigenvalue weighted by atomic mass is 10.0. The molecule has 0 spiro atoms. The molecule has 6 nitrogen and oxygen atoms in total. The van der Waals surface area contributed by atoms with Gasteiger partial charge in [-0.25, -0.2) is 0 Å². The molecule has 322 valence electrons. The molecule has 0 saturated heterocycles. The zero-order valence-corrected chi connectivity index (χ0v) is 36.7. The van der Waals surface area contributed by atoms with Gasteiger partial charge in [0.1, 0.15) is 13.2 Å². The summed E-state index contributed by atoms with van der Waals surface area (Å²) >= 11 is 0. The molecule has 0 aliphatic heterocycles. The molecule has 55 heavy (non-hydrogen) atoms. The van der Waals surface area contributed by atoms with Gasteiger partial charge in [0.25, 0.3) is 0 Å². The van der Waals surface area contributed by atoms with Crippen LogP contribution in [0.4, 0.5) is 0 Å². The van der Waals surface area contributed by atoms with E-state index in [9.17, 15) is 14.4 Å². The van der Waals surface area contributed by atoms with Crippen molar-refractivity contribution in [1.82, 2.24) is 0 Å². The fourth-order valence-electron chi connectivity index (χ4n) is 6.77. The number of allylic oxidation sites excluding steroid dienone is 4. The van der Waals surface area contributed by atoms with Crippen molar-refractivity contribution in [3.05, 3.63) is 24.3 Å². The van der Waals surface area contributed by atoms with Crippen molar-refractivity contribution >= 4 is 17.9 Å². The van der Waals surface area contributed by atoms with E-state index in [0.29, 0.717) is 19.3 Å². The van der Waals surface area contributed by atoms with Crippen molar-refractivity contribution in [3.8, 4) is 0 Å². The van der Waals surface area contributed by atoms with Gasteiger partial charge in [-0.15, -0.1) is 0 Å². The highest BCUT2D eigenvalue weighted by Gasteiger charge is 2.19. The smallest absolute Gasteiger partial charge is 0.306 e. The van der Waals surface area contributed by atoms with Crippen molar-refractivity contribution in [1.29, 1.82) is 0 Å². The highest BCUT2D eigenvalue weighted by molar-refractivity contribution is 5.71. The lowest BCUT2D eigenvalue weighted by Gasteiger charge is -2.18. The Balaban J connectivity index is 4.37. The minimum atomic E-state index is -0.775. The predicted octanol–water partition coefficient (Wildman–Crippen LogP) is 15.2. The molecule has 0 rings (SSSR count). The normalized spacial score (nSPS) is 12.1. The quantitative estimate of drug-likeness (QED) is 0.0266. The molecule has 0 bridgehead atoms. The molecular formula is C49H90O6. The Morgan fingerprint density at radius 3 is 0.982 bits per heavy atom. The summed E-state index contributed by atoms with van der Waals surface area (Å²) in [5, 5.41) is 0. The van der Waals surface area contributed by atoms with Crippen LogP contribution in [0.5, 0.6) is 0 Å². The SMILES string of the molecule is CCCC/C=C\CCCCCCC(=O)OCC(COC(=O)CCCCC/C=C\CCCCCCCCC)OC(=O)CCCCCCCCCCCCCCC. The first kappa shape index (κ1) is 52.9. The summed E-state index contributed by atoms with van der Waals surface area (Å²) in [5.74, 6) is -0.901. The van der Waals surface area contributed by atoms with Crippen LogP contribution < -0.4 is 0 Å². The van der Waals surface area contributed by atoms with Gasteiger partial charge in [-0.3, -0.25) is 14.4 Å². The summed E-state index contributed by atoms with van der Waals surface area (Å²) in [7, 11) is 0. The van der Waals surface area contributed by atoms with Crippen LogP contribution in [0.15, 0.2) is 24.3 Å². The standard InChI is InChI=1S/C49H90O6/c1-4-7-10-13-16-19-22-24-26-27-30-33-36-39-42-48(51)54-45-46(44-53-47(50)41-38-35-32-29-21-18-15-12-9-6-3)55-49(52)43-40-37-34-31-28-25-23-20-17-14-11-8-5-2/h15,18,26-27,46H,4-14,16-17,19-25,28-45H2,1-3H3/b18-15-,27-26-. The fraction of sp³-hybridized carbons (Fsp3) is 0.857. The number of rotatable bonds is 43. The van der Waals surface area contributed by atoms with Gasteiger partial charge in [-0.05, 0) is 64.2 Å². The largest absolute Gasteiger partial charge is 0.462 e. The van der Waals surface area contributed by atoms with E-state index in [1.165, 1.54) is 122 Å². The lowest BCUT2D eigenvalue weighted by Crippen LogP contribution is -2.30. The molecule has 0 aromatic carbocycles. The van der Waals surface area contributed by atoms with E-state index in [4.69, 9.17) is 14.2 Å². The van der Waals surface area contributed by atoms with Gasteiger partial charge in [0, 0.05) is 19.3 Å². The Hall–Kier alpha value is -2.11. The van der Waals surface area contributed by atoms with E-state index in [-0.39, 0.29) is 31.1 Å². The Labute approximate surface area is 341 Å². The number of unbranched alkanes of at least 4 members (excludes halogenated alkanes) is 28. The number of carbonyl (C=O) groups excluding carboxylic acids is 3. The minimum absolute atomic E-state index is 0.0792. The molecule has 0 heterocycles. The van der Waals surface area contributed by atoms with Crippen molar-refractivity contribution in [2.75, 3.05) is 13.2 Å². The van der Waals surface area contributed by atoms with E-state index < -0.39 is 6.10 Å². The maximum Gasteiger partial charge on any atom is 0.306 e. The van der Waals surface area contributed by atoms with Crippen LogP contribution in [-0.2, 0) is 28.6 Å². The Morgan fingerprint density at radius 1 is 0.345 bits per heavy atom. The average Bonchev–Trinajstić information content (AvgIpc) is 3.18. The van der Waals surface area contributed by atoms with Crippen molar-refractivity contribution < 1.29 is 28.6 Å². The van der Waals surface area contributed by atoms with Gasteiger partial charge in [-0.1, -0.05) is 193 Å². The molecule has 0 aromatic rings. The molecule has 0 N–H and O–H groups in total. The van der Waals surface area contributed by atoms with Gasteiger partial charge in [0.15, 0.2) is 6.10 Å². The Kier molecular flexibility index (Phi) is 42.9. The summed E-state index contributed by atoms with van der Waals surface area (Å²) in [4.78, 5) is 37.7. The summed E-state index contributed by atoms with van der Waals surface area (Å²) in [5.41, 5.74) is 0. The second-order valence-corrected chi connectivity index (χ2v) is 16.0. The molecule has 0 fully saturated rings. The molecule has 6 heteroatoms. The van der Waals surface area contributed by atoms with Crippen LogP contribution in [0, 0.1) is 0 Å². The summed E-state index contributed by atoms with van der Waals surface area (Å²) in [6, 6.07) is 0. The third-order valence-electron chi connectivity index (χ3n) is 10.4. The molecule has 0 aliphatic carbocycles. The molecule has 0 amide bonds. The van der Waals surface area contributed by atoms with Crippen LogP contribution in [0.1, 0.15) is 252 Å². The monoisotopic (exact) mass is 775 g/mol. The number of esters is 3. The molecule has 0 saturated carbocycles. The highest BCUT2D eigenvalue weighted by atomic mass is 16.6. The van der Waals surface area contributed by atoms with Gasteiger partial charge in [-0.2, -0.15) is 0 Å². The first-order valence-electron chi connectivity index (χ1n) is 23.8. The van der Waals surface area contributed by atoms with E-state index >= 15 is 0 Å². The average molecular weight is 775 g/mol. The third-order valence-corrected chi connectivity index (χ3v) is 10.4. The topological polar surface area (TPSA) is 78.9 Å². The fourth-order valence-corrected chi connectivity index (χ4v) is 6.77. The predicted molar refractivity (Wildman–Crippen MR) is 233 cm³/mol. The summed E-state index contributed by atoms with van der Waals surface area (Å²) in [6.45, 7) is 6.57. The molecule has 0 aromatic heterocycles. The zero-order valence-electron chi connectivity index (χ0n) is 36.7. The van der Waals surface area contributed by atoms with Crippen molar-refractivity contribution in [3.63, 3.8) is 0 Å². The maximum absolute atomic E-state index is 12.7. The number of hydrogen-bond donors (Lipinski definition) is 0. The molecular weight excluding hydrogens is 685 g/mol. The molecule has 1 atom stereocenters. The van der Waals surface area contributed by atoms with E-state index in [1.54, 1.807) is 0 Å².